The van der Waals surface area contributed by atoms with Gasteiger partial charge in [0.05, 0.1) is 5.56 Å². The van der Waals surface area contributed by atoms with E-state index in [0.29, 0.717) is 6.54 Å². The van der Waals surface area contributed by atoms with Crippen molar-refractivity contribution in [3.8, 4) is 11.6 Å². The number of ketones is 2. The van der Waals surface area contributed by atoms with Gasteiger partial charge in [-0.1, -0.05) is 30.3 Å². The molecule has 0 spiro atoms. The maximum atomic E-state index is 15.1. The summed E-state index contributed by atoms with van der Waals surface area (Å²) < 4.78 is 26.2. The van der Waals surface area contributed by atoms with Crippen LogP contribution in [-0.2, 0) is 19.4 Å². The van der Waals surface area contributed by atoms with E-state index in [9.17, 15) is 29.7 Å². The number of amides is 1. The number of phenolic OH excluding ortho intramolecular Hbond substituents is 1. The van der Waals surface area contributed by atoms with Crippen molar-refractivity contribution in [3.63, 3.8) is 0 Å². The molecule has 6 rings (SSSR count). The molecule has 0 fully saturated rings. The fraction of sp³-hybridized carbons (Fsp3) is 0.355. The highest BCUT2D eigenvalue weighted by Crippen LogP contribution is 2.52. The molecule has 2 aromatic carbocycles. The quantitative estimate of drug-likeness (QED) is 0.321. The number of allylic oxidation sites excluding steroid dienone is 1. The fourth-order valence-corrected chi connectivity index (χ4v) is 6.33. The van der Waals surface area contributed by atoms with E-state index in [4.69, 9.17) is 9.26 Å². The van der Waals surface area contributed by atoms with Gasteiger partial charge in [-0.2, -0.15) is 0 Å². The summed E-state index contributed by atoms with van der Waals surface area (Å²) in [5.41, 5.74) is -2.93. The Balaban J connectivity index is 1.34. The predicted octanol–water partition coefficient (Wildman–Crippen LogP) is 2.75. The van der Waals surface area contributed by atoms with Gasteiger partial charge >= 0.3 is 0 Å². The van der Waals surface area contributed by atoms with Gasteiger partial charge in [0.15, 0.2) is 17.1 Å². The van der Waals surface area contributed by atoms with Gasteiger partial charge in [0, 0.05) is 31.0 Å². The van der Waals surface area contributed by atoms with Gasteiger partial charge in [0.25, 0.3) is 11.8 Å². The van der Waals surface area contributed by atoms with Gasteiger partial charge < -0.3 is 34.8 Å². The fourth-order valence-electron chi connectivity index (χ4n) is 6.33. The highest BCUT2D eigenvalue weighted by Gasteiger charge is 2.60. The highest BCUT2D eigenvalue weighted by atomic mass is 19.1. The van der Waals surface area contributed by atoms with Gasteiger partial charge in [0.1, 0.15) is 35.1 Å². The van der Waals surface area contributed by atoms with Crippen molar-refractivity contribution in [2.24, 2.45) is 11.8 Å². The Morgan fingerprint density at radius 3 is 2.65 bits per heavy atom. The molecular formula is C31H30FN3O8. The third-order valence-corrected chi connectivity index (χ3v) is 8.48. The number of ether oxygens (including phenoxy) is 1. The number of aromatic hydroxyl groups is 1. The molecule has 0 saturated heterocycles. The second-order valence-electron chi connectivity index (χ2n) is 11.5. The summed E-state index contributed by atoms with van der Waals surface area (Å²) in [5, 5.41) is 40.6. The molecule has 11 nitrogen and oxygen atoms in total. The van der Waals surface area contributed by atoms with Crippen molar-refractivity contribution in [2.45, 2.75) is 31.5 Å². The number of likely N-dealkylation sites (N-methyl/N-ethyl adjacent to an activating group) is 1. The summed E-state index contributed by atoms with van der Waals surface area (Å²) in [5.74, 6) is -6.91. The number of aliphatic hydroxyl groups is 2. The molecule has 0 saturated carbocycles. The largest absolute Gasteiger partial charge is 0.508 e. The number of nitrogens with zero attached hydrogens (tertiary/aromatic N) is 2. The van der Waals surface area contributed by atoms with E-state index in [2.05, 4.69) is 10.5 Å². The lowest BCUT2D eigenvalue weighted by Gasteiger charge is -2.45. The van der Waals surface area contributed by atoms with Crippen LogP contribution in [0.1, 0.15) is 54.4 Å². The molecule has 224 valence electrons. The molecule has 4 N–H and O–H groups in total. The molecule has 1 amide bonds. The molecule has 3 aliphatic carbocycles. The number of rotatable bonds is 7. The van der Waals surface area contributed by atoms with Crippen LogP contribution >= 0.6 is 0 Å². The van der Waals surface area contributed by atoms with E-state index in [1.807, 2.05) is 30.3 Å². The maximum absolute atomic E-state index is 15.1. The van der Waals surface area contributed by atoms with Crippen LogP contribution in [0.4, 0.5) is 4.39 Å². The van der Waals surface area contributed by atoms with Gasteiger partial charge in [-0.3, -0.25) is 14.4 Å². The van der Waals surface area contributed by atoms with E-state index in [1.165, 1.54) is 0 Å². The average molecular weight is 592 g/mol. The lowest BCUT2D eigenvalue weighted by atomic mass is 9.60. The zero-order chi connectivity index (χ0) is 30.6. The Kier molecular flexibility index (Phi) is 7.05. The number of hydrogen-bond acceptors (Lipinski definition) is 10. The average Bonchev–Trinajstić information content (AvgIpc) is 3.36. The Labute approximate surface area is 245 Å². The molecule has 1 aromatic heterocycles. The highest BCUT2D eigenvalue weighted by molar-refractivity contribution is 6.17. The minimum Gasteiger partial charge on any atom is -0.508 e. The zero-order valence-corrected chi connectivity index (χ0v) is 23.5. The number of hydrogen-bond donors (Lipinski definition) is 4. The first-order chi connectivity index (χ1) is 20.5. The molecule has 3 aromatic rings. The number of carbonyl (C=O) groups is 3. The molecule has 0 radical (unpaired) electrons. The molecule has 0 aliphatic heterocycles. The van der Waals surface area contributed by atoms with Crippen LogP contribution in [-0.4, -0.2) is 75.6 Å². The Bertz CT molecular complexity index is 1680. The van der Waals surface area contributed by atoms with E-state index < -0.39 is 57.8 Å². The van der Waals surface area contributed by atoms with Crippen molar-refractivity contribution < 1.29 is 43.4 Å². The molecule has 1 heterocycles. The molecule has 3 atom stereocenters. The van der Waals surface area contributed by atoms with E-state index in [-0.39, 0.29) is 66.3 Å². The summed E-state index contributed by atoms with van der Waals surface area (Å²) in [6.07, 6.45) is 0.144. The third-order valence-electron chi connectivity index (χ3n) is 8.48. The summed E-state index contributed by atoms with van der Waals surface area (Å²) in [6, 6.07) is 10.2. The molecule has 3 aliphatic rings. The number of Topliss-reactive ketones (excluding diaryl/α,β-unsaturated/α-hetero) is 2. The maximum Gasteiger partial charge on any atom is 0.265 e. The summed E-state index contributed by atoms with van der Waals surface area (Å²) in [7, 11) is 3.58. The number of fused-ring (bicyclic) bond motifs is 4. The molecular weight excluding hydrogens is 561 g/mol. The van der Waals surface area contributed by atoms with E-state index >= 15 is 4.39 Å². The van der Waals surface area contributed by atoms with Crippen molar-refractivity contribution in [1.29, 1.82) is 0 Å². The van der Waals surface area contributed by atoms with Gasteiger partial charge in [-0.05, 0) is 55.2 Å². The van der Waals surface area contributed by atoms with Crippen LogP contribution in [0.2, 0.25) is 0 Å². The Morgan fingerprint density at radius 2 is 1.93 bits per heavy atom. The normalized spacial score (nSPS) is 22.5. The minimum absolute atomic E-state index is 0.0276. The number of aliphatic hydroxyl groups excluding tert-OH is 1. The van der Waals surface area contributed by atoms with Crippen molar-refractivity contribution >= 4 is 17.5 Å². The summed E-state index contributed by atoms with van der Waals surface area (Å²) >= 11 is 0. The van der Waals surface area contributed by atoms with Crippen molar-refractivity contribution in [2.75, 3.05) is 27.2 Å². The monoisotopic (exact) mass is 591 g/mol. The van der Waals surface area contributed by atoms with Gasteiger partial charge in [-0.15, -0.1) is 0 Å². The van der Waals surface area contributed by atoms with Crippen LogP contribution in [0.3, 0.4) is 0 Å². The number of aromatic nitrogens is 1. The SMILES string of the molecule is CN(C)CCNC(=O)c1c(F)cc2c(c1O)C(=O)C1=C(O)[C@]3(O)C(=O)c4c(OCc5ccccc5)noc4C[C@@H]3CC1C2. The predicted molar refractivity (Wildman–Crippen MR) is 148 cm³/mol. The number of benzene rings is 2. The first kappa shape index (κ1) is 28.6. The first-order valence-electron chi connectivity index (χ1n) is 13.9. The van der Waals surface area contributed by atoms with Gasteiger partial charge in [-0.25, -0.2) is 4.39 Å². The standard InChI is InChI=1S/C31H30FN3O8/c1-35(2)9-8-33-29(40)23-19(32)12-17-10-16-11-18-13-20-24(30(34-43-20)42-14-15-6-4-3-5-7-15)28(39)31(18,41)27(38)22(16)25(36)21(17)26(23)37/h3-7,12,16,18,37-38,41H,8-11,13-14H2,1-2H3,(H,33,40)/t16?,18-,31-/m0/s1. The molecule has 12 heteroatoms. The number of phenols is 1. The zero-order valence-electron chi connectivity index (χ0n) is 23.5. The molecule has 1 unspecified atom stereocenters. The lowest BCUT2D eigenvalue weighted by Crippen LogP contribution is -2.56. The summed E-state index contributed by atoms with van der Waals surface area (Å²) in [6.45, 7) is 0.698. The minimum atomic E-state index is -2.48. The second-order valence-corrected chi connectivity index (χ2v) is 11.5. The van der Waals surface area contributed by atoms with Crippen LogP contribution in [0.25, 0.3) is 0 Å². The number of nitrogens with one attached hydrogen (secondary N) is 1. The van der Waals surface area contributed by atoms with Crippen LogP contribution in [0.15, 0.2) is 52.3 Å². The Morgan fingerprint density at radius 1 is 1.19 bits per heavy atom. The smallest absolute Gasteiger partial charge is 0.265 e. The second kappa shape index (κ2) is 10.6. The number of halogens is 1. The topological polar surface area (TPSA) is 162 Å². The number of carbonyl (C=O) groups excluding carboxylic acids is 3. The van der Waals surface area contributed by atoms with E-state index in [0.717, 1.165) is 11.6 Å². The first-order valence-corrected chi connectivity index (χ1v) is 13.9. The van der Waals surface area contributed by atoms with Crippen molar-refractivity contribution in [3.05, 3.63) is 87.1 Å². The van der Waals surface area contributed by atoms with E-state index in [1.54, 1.807) is 19.0 Å². The van der Waals surface area contributed by atoms with Crippen molar-refractivity contribution in [1.82, 2.24) is 15.4 Å². The third kappa shape index (κ3) is 4.57. The summed E-state index contributed by atoms with van der Waals surface area (Å²) in [4.78, 5) is 42.2. The Hall–Kier alpha value is -4.55. The van der Waals surface area contributed by atoms with Crippen LogP contribution in [0.5, 0.6) is 11.6 Å². The van der Waals surface area contributed by atoms with Crippen LogP contribution < -0.4 is 10.1 Å². The lowest BCUT2D eigenvalue weighted by molar-refractivity contribution is -0.0257. The van der Waals surface area contributed by atoms with Crippen LogP contribution in [0, 0.1) is 17.7 Å². The van der Waals surface area contributed by atoms with Gasteiger partial charge in [0.2, 0.25) is 5.78 Å². The molecule has 43 heavy (non-hydrogen) atoms. The molecule has 0 bridgehead atoms.